The summed E-state index contributed by atoms with van der Waals surface area (Å²) in [5.74, 6) is 1.17. The number of imide groups is 1. The SMILES string of the molecule is CC1CCC2(CC1)NC(=O)N(/N=C/c1ccc(-c3cc(Cl)ccc3Cl)o1)C2=O. The molecule has 1 aliphatic carbocycles. The van der Waals surface area contributed by atoms with Crippen LogP contribution in [0.2, 0.25) is 10.0 Å². The van der Waals surface area contributed by atoms with E-state index < -0.39 is 11.6 Å². The summed E-state index contributed by atoms with van der Waals surface area (Å²) < 4.78 is 5.72. The van der Waals surface area contributed by atoms with Crippen LogP contribution < -0.4 is 5.32 Å². The number of amides is 3. The summed E-state index contributed by atoms with van der Waals surface area (Å²) in [6.07, 6.45) is 4.45. The molecule has 1 N–H and O–H groups in total. The molecule has 146 valence electrons. The van der Waals surface area contributed by atoms with Crippen molar-refractivity contribution in [2.24, 2.45) is 11.0 Å². The Balaban J connectivity index is 1.52. The molecule has 28 heavy (non-hydrogen) atoms. The van der Waals surface area contributed by atoms with E-state index in [9.17, 15) is 9.59 Å². The molecule has 2 fully saturated rings. The zero-order valence-corrected chi connectivity index (χ0v) is 16.8. The van der Waals surface area contributed by atoms with Crippen molar-refractivity contribution in [1.82, 2.24) is 10.3 Å². The number of carbonyl (C=O) groups excluding carboxylic acids is 2. The second-order valence-electron chi connectivity index (χ2n) is 7.38. The molecule has 4 rings (SSSR count). The lowest BCUT2D eigenvalue weighted by atomic mass is 9.77. The standard InChI is InChI=1S/C20H19Cl2N3O3/c1-12-6-8-20(9-7-12)18(26)25(19(27)24-20)23-11-14-3-5-17(28-14)15-10-13(21)2-4-16(15)22/h2-5,10-12H,6-9H2,1H3,(H,24,27)/b23-11+. The molecule has 0 radical (unpaired) electrons. The van der Waals surface area contributed by atoms with Crippen molar-refractivity contribution in [1.29, 1.82) is 0 Å². The van der Waals surface area contributed by atoms with Crippen LogP contribution in [0.3, 0.4) is 0 Å². The maximum atomic E-state index is 12.8. The van der Waals surface area contributed by atoms with E-state index in [1.807, 2.05) is 0 Å². The number of halogens is 2. The van der Waals surface area contributed by atoms with Gasteiger partial charge in [0.05, 0.1) is 11.2 Å². The molecular weight excluding hydrogens is 401 g/mol. The largest absolute Gasteiger partial charge is 0.455 e. The molecule has 6 nitrogen and oxygen atoms in total. The van der Waals surface area contributed by atoms with Crippen LogP contribution in [-0.2, 0) is 4.79 Å². The van der Waals surface area contributed by atoms with Crippen LogP contribution in [-0.4, -0.2) is 28.7 Å². The molecule has 1 saturated heterocycles. The third kappa shape index (κ3) is 3.42. The summed E-state index contributed by atoms with van der Waals surface area (Å²) in [7, 11) is 0. The van der Waals surface area contributed by atoms with Gasteiger partial charge >= 0.3 is 6.03 Å². The van der Waals surface area contributed by atoms with E-state index in [-0.39, 0.29) is 5.91 Å². The lowest BCUT2D eigenvalue weighted by Gasteiger charge is -2.33. The Morgan fingerprint density at radius 1 is 1.21 bits per heavy atom. The number of urea groups is 1. The minimum atomic E-state index is -0.816. The molecule has 1 saturated carbocycles. The van der Waals surface area contributed by atoms with Crippen LogP contribution in [0.5, 0.6) is 0 Å². The van der Waals surface area contributed by atoms with E-state index >= 15 is 0 Å². The first-order chi connectivity index (χ1) is 13.4. The first-order valence-corrected chi connectivity index (χ1v) is 9.89. The molecule has 1 aromatic carbocycles. The third-order valence-corrected chi connectivity index (χ3v) is 5.95. The Kier molecular flexibility index (Phi) is 4.93. The zero-order chi connectivity index (χ0) is 19.9. The molecule has 1 aliphatic heterocycles. The number of furan rings is 1. The molecule has 3 amide bonds. The second kappa shape index (κ2) is 7.26. The predicted octanol–water partition coefficient (Wildman–Crippen LogP) is 5.09. The molecule has 1 aromatic heterocycles. The molecule has 2 aliphatic rings. The number of hydrazone groups is 1. The Morgan fingerprint density at radius 3 is 2.71 bits per heavy atom. The van der Waals surface area contributed by atoms with Gasteiger partial charge in [-0.2, -0.15) is 5.10 Å². The normalized spacial score (nSPS) is 25.1. The summed E-state index contributed by atoms with van der Waals surface area (Å²) in [6, 6.07) is 8.00. The molecule has 8 heteroatoms. The van der Waals surface area contributed by atoms with Gasteiger partial charge in [-0.3, -0.25) is 4.79 Å². The van der Waals surface area contributed by atoms with Crippen LogP contribution in [0, 0.1) is 5.92 Å². The van der Waals surface area contributed by atoms with E-state index in [4.69, 9.17) is 27.6 Å². The number of hydrogen-bond donors (Lipinski definition) is 1. The van der Waals surface area contributed by atoms with Crippen LogP contribution in [0.1, 0.15) is 38.4 Å². The molecular formula is C20H19Cl2N3O3. The van der Waals surface area contributed by atoms with Gasteiger partial charge in [0.2, 0.25) is 0 Å². The van der Waals surface area contributed by atoms with Crippen molar-refractivity contribution < 1.29 is 14.0 Å². The number of benzene rings is 1. The zero-order valence-electron chi connectivity index (χ0n) is 15.2. The number of carbonyl (C=O) groups is 2. The van der Waals surface area contributed by atoms with Gasteiger partial charge in [-0.05, 0) is 61.9 Å². The average Bonchev–Trinajstić information content (AvgIpc) is 3.22. The third-order valence-electron chi connectivity index (χ3n) is 5.39. The summed E-state index contributed by atoms with van der Waals surface area (Å²) >= 11 is 12.2. The van der Waals surface area contributed by atoms with E-state index in [1.165, 1.54) is 6.21 Å². The highest BCUT2D eigenvalue weighted by Gasteiger charge is 2.52. The number of nitrogens with zero attached hydrogens (tertiary/aromatic N) is 2. The van der Waals surface area contributed by atoms with E-state index in [0.29, 0.717) is 45.9 Å². The number of nitrogens with one attached hydrogen (secondary N) is 1. The van der Waals surface area contributed by atoms with Crippen molar-refractivity contribution in [2.75, 3.05) is 0 Å². The quantitative estimate of drug-likeness (QED) is 0.555. The Bertz CT molecular complexity index is 961. The van der Waals surface area contributed by atoms with Gasteiger partial charge in [0, 0.05) is 10.6 Å². The van der Waals surface area contributed by atoms with Gasteiger partial charge in [0.1, 0.15) is 17.1 Å². The minimum Gasteiger partial charge on any atom is -0.455 e. The Labute approximate surface area is 172 Å². The summed E-state index contributed by atoms with van der Waals surface area (Å²) in [5.41, 5.74) is -0.164. The van der Waals surface area contributed by atoms with E-state index in [2.05, 4.69) is 17.3 Å². The van der Waals surface area contributed by atoms with Crippen LogP contribution in [0.25, 0.3) is 11.3 Å². The maximum Gasteiger partial charge on any atom is 0.346 e. The Hall–Kier alpha value is -2.31. The second-order valence-corrected chi connectivity index (χ2v) is 8.23. The molecule has 0 unspecified atom stereocenters. The van der Waals surface area contributed by atoms with Gasteiger partial charge in [0.15, 0.2) is 0 Å². The first-order valence-electron chi connectivity index (χ1n) is 9.14. The highest BCUT2D eigenvalue weighted by Crippen LogP contribution is 2.36. The predicted molar refractivity (Wildman–Crippen MR) is 107 cm³/mol. The van der Waals surface area contributed by atoms with E-state index in [0.717, 1.165) is 17.9 Å². The van der Waals surface area contributed by atoms with Crippen LogP contribution in [0.15, 0.2) is 39.9 Å². The topological polar surface area (TPSA) is 74.9 Å². The lowest BCUT2D eigenvalue weighted by molar-refractivity contribution is -0.132. The number of hydrogen-bond acceptors (Lipinski definition) is 4. The van der Waals surface area contributed by atoms with Crippen molar-refractivity contribution in [2.45, 2.75) is 38.1 Å². The lowest BCUT2D eigenvalue weighted by Crippen LogP contribution is -2.49. The van der Waals surface area contributed by atoms with E-state index in [1.54, 1.807) is 30.3 Å². The maximum absolute atomic E-state index is 12.8. The molecule has 0 bridgehead atoms. The molecule has 2 aromatic rings. The van der Waals surface area contributed by atoms with Crippen molar-refractivity contribution in [3.8, 4) is 11.3 Å². The number of rotatable bonds is 3. The van der Waals surface area contributed by atoms with Crippen molar-refractivity contribution in [3.05, 3.63) is 46.1 Å². The average molecular weight is 420 g/mol. The summed E-state index contributed by atoms with van der Waals surface area (Å²) in [6.45, 7) is 2.16. The fourth-order valence-electron chi connectivity index (χ4n) is 3.67. The van der Waals surface area contributed by atoms with Crippen LogP contribution >= 0.6 is 23.2 Å². The van der Waals surface area contributed by atoms with Gasteiger partial charge in [-0.1, -0.05) is 30.1 Å². The molecule has 1 spiro atoms. The fourth-order valence-corrected chi connectivity index (χ4v) is 4.06. The fraction of sp³-hybridized carbons (Fsp3) is 0.350. The van der Waals surface area contributed by atoms with Gasteiger partial charge < -0.3 is 9.73 Å². The van der Waals surface area contributed by atoms with Crippen molar-refractivity contribution in [3.63, 3.8) is 0 Å². The minimum absolute atomic E-state index is 0.301. The summed E-state index contributed by atoms with van der Waals surface area (Å²) in [4.78, 5) is 25.1. The highest BCUT2D eigenvalue weighted by molar-refractivity contribution is 6.35. The smallest absolute Gasteiger partial charge is 0.346 e. The first kappa shape index (κ1) is 19.0. The van der Waals surface area contributed by atoms with Gasteiger partial charge in [-0.15, -0.1) is 5.01 Å². The molecule has 2 heterocycles. The highest BCUT2D eigenvalue weighted by atomic mass is 35.5. The van der Waals surface area contributed by atoms with Gasteiger partial charge in [-0.25, -0.2) is 4.79 Å². The molecule has 0 atom stereocenters. The van der Waals surface area contributed by atoms with Gasteiger partial charge in [0.25, 0.3) is 5.91 Å². The van der Waals surface area contributed by atoms with Crippen LogP contribution in [0.4, 0.5) is 4.79 Å². The van der Waals surface area contributed by atoms with Crippen molar-refractivity contribution >= 4 is 41.4 Å². The summed E-state index contributed by atoms with van der Waals surface area (Å²) in [5, 5.41) is 8.83. The monoisotopic (exact) mass is 419 g/mol. The Morgan fingerprint density at radius 2 is 1.96 bits per heavy atom.